The molecule has 6 atom stereocenters. The van der Waals surface area contributed by atoms with Crippen molar-refractivity contribution in [3.8, 4) is 0 Å². The highest BCUT2D eigenvalue weighted by atomic mass is 35.5. The third kappa shape index (κ3) is 7.20. The molecule has 2 saturated carbocycles. The number of hydrogen-bond donors (Lipinski definition) is 4. The number of primary amides is 1. The average Bonchev–Trinajstić information content (AvgIpc) is 3.67. The van der Waals surface area contributed by atoms with Gasteiger partial charge in [-0.05, 0) is 23.2 Å². The zero-order chi connectivity index (χ0) is 30.4. The number of urea groups is 1. The van der Waals surface area contributed by atoms with E-state index in [2.05, 4.69) is 16.0 Å². The number of nitrogens with zero attached hydrogens (tertiary/aromatic N) is 1. The maximum atomic E-state index is 14.0. The molecule has 0 radical (unpaired) electrons. The second-order valence-electron chi connectivity index (χ2n) is 13.5. The predicted molar refractivity (Wildman–Crippen MR) is 150 cm³/mol. The molecule has 3 fully saturated rings. The number of nitrogens with two attached hydrogens (primary N) is 1. The number of fused-ring (bicyclic) bond motifs is 1. The van der Waals surface area contributed by atoms with Crippen LogP contribution < -0.4 is 21.7 Å². The molecule has 5 N–H and O–H groups in total. The van der Waals surface area contributed by atoms with Crippen molar-refractivity contribution >= 4 is 52.7 Å². The van der Waals surface area contributed by atoms with Gasteiger partial charge >= 0.3 is 6.03 Å². The summed E-state index contributed by atoms with van der Waals surface area (Å²) < 4.78 is 4.05. The van der Waals surface area contributed by atoms with E-state index in [0.29, 0.717) is 0 Å². The highest BCUT2D eigenvalue weighted by Gasteiger charge is 2.74. The van der Waals surface area contributed by atoms with E-state index >= 15 is 0 Å². The lowest BCUT2D eigenvalue weighted by Gasteiger charge is -2.38. The molecule has 11 nitrogen and oxygen atoms in total. The van der Waals surface area contributed by atoms with Crippen LogP contribution in [0.3, 0.4) is 0 Å². The van der Waals surface area contributed by atoms with Crippen molar-refractivity contribution in [2.75, 3.05) is 20.3 Å². The molecule has 1 saturated heterocycles. The minimum atomic E-state index is -1.21. The molecule has 3 rings (SSSR count). The van der Waals surface area contributed by atoms with Crippen molar-refractivity contribution in [1.82, 2.24) is 20.9 Å². The van der Waals surface area contributed by atoms with E-state index in [-0.39, 0.29) is 42.9 Å². The van der Waals surface area contributed by atoms with E-state index in [1.165, 1.54) is 4.90 Å². The topological polar surface area (TPSA) is 160 Å². The first kappa shape index (κ1) is 32.4. The van der Waals surface area contributed by atoms with Gasteiger partial charge in [-0.2, -0.15) is 0 Å². The summed E-state index contributed by atoms with van der Waals surface area (Å²) in [5.41, 5.74) is 4.20. The fourth-order valence-electron chi connectivity index (χ4n) is 5.30. The summed E-state index contributed by atoms with van der Waals surface area (Å²) in [6.45, 7) is 11.7. The summed E-state index contributed by atoms with van der Waals surface area (Å²) in [4.78, 5) is 66.2. The number of piperidine rings is 1. The van der Waals surface area contributed by atoms with E-state index in [9.17, 15) is 24.0 Å². The standard InChI is InChI=1S/C27H43Cl2N5O6/c1-25(2,3)16(12-40-7)32-24(39)33-20(26(4,5)6)23(38)34-11-14-17(27(14,28)29)18(34)22(37)31-15(10-13-8-9-13)19(35)21(30)36/h13-18,20H,8-12H2,1-7H3,(H2,30,36)(H,31,37)(H2,32,33,39)/t14-,15?,16+,17-,18-,20+/m0/s1. The van der Waals surface area contributed by atoms with Crippen LogP contribution in [0.2, 0.25) is 0 Å². The van der Waals surface area contributed by atoms with Gasteiger partial charge in [-0.1, -0.05) is 54.4 Å². The van der Waals surface area contributed by atoms with Crippen LogP contribution in [0.4, 0.5) is 4.79 Å². The molecule has 1 heterocycles. The first-order valence-electron chi connectivity index (χ1n) is 13.7. The number of carbonyl (C=O) groups is 5. The van der Waals surface area contributed by atoms with Gasteiger partial charge < -0.3 is 31.3 Å². The number of nitrogens with one attached hydrogen (secondary N) is 3. The number of rotatable bonds is 11. The van der Waals surface area contributed by atoms with Gasteiger partial charge in [0.1, 0.15) is 16.4 Å². The predicted octanol–water partition coefficient (Wildman–Crippen LogP) is 1.73. The number of halogens is 2. The third-order valence-electron chi connectivity index (χ3n) is 8.10. The number of Topliss-reactive ketones (excluding diaryl/α,β-unsaturated/α-hetero) is 1. The van der Waals surface area contributed by atoms with Gasteiger partial charge in [0, 0.05) is 25.5 Å². The Labute approximate surface area is 245 Å². The number of ether oxygens (including phenoxy) is 1. The van der Waals surface area contributed by atoms with Gasteiger partial charge in [0.05, 0.1) is 18.7 Å². The van der Waals surface area contributed by atoms with E-state index in [0.717, 1.165) is 12.8 Å². The fourth-order valence-corrected chi connectivity index (χ4v) is 6.13. The molecule has 1 unspecified atom stereocenters. The van der Waals surface area contributed by atoms with E-state index in [1.54, 1.807) is 7.11 Å². The van der Waals surface area contributed by atoms with Crippen molar-refractivity contribution in [1.29, 1.82) is 0 Å². The van der Waals surface area contributed by atoms with Crippen LogP contribution in [0, 0.1) is 28.6 Å². The number of methoxy groups -OCH3 is 1. The Bertz CT molecular complexity index is 1040. The van der Waals surface area contributed by atoms with Crippen molar-refractivity contribution < 1.29 is 28.7 Å². The lowest BCUT2D eigenvalue weighted by molar-refractivity contribution is -0.144. The lowest BCUT2D eigenvalue weighted by Crippen LogP contribution is -2.62. The van der Waals surface area contributed by atoms with Crippen LogP contribution >= 0.6 is 23.2 Å². The summed E-state index contributed by atoms with van der Waals surface area (Å²) in [5, 5.41) is 8.35. The van der Waals surface area contributed by atoms with Crippen molar-refractivity contribution in [2.45, 2.75) is 89.3 Å². The fraction of sp³-hybridized carbons (Fsp3) is 0.815. The van der Waals surface area contributed by atoms with E-state index in [1.807, 2.05) is 41.5 Å². The Kier molecular flexibility index (Phi) is 9.43. The molecule has 40 heavy (non-hydrogen) atoms. The molecule has 2 aliphatic carbocycles. The van der Waals surface area contributed by atoms with Gasteiger partial charge in [-0.25, -0.2) is 4.79 Å². The van der Waals surface area contributed by atoms with Crippen LogP contribution in [0.5, 0.6) is 0 Å². The maximum absolute atomic E-state index is 14.0. The molecular weight excluding hydrogens is 561 g/mol. The normalized spacial score (nSPS) is 25.7. The molecule has 3 aliphatic rings. The minimum Gasteiger partial charge on any atom is -0.383 e. The van der Waals surface area contributed by atoms with Crippen LogP contribution in [-0.2, 0) is 23.9 Å². The van der Waals surface area contributed by atoms with Crippen LogP contribution in [0.1, 0.15) is 60.8 Å². The summed E-state index contributed by atoms with van der Waals surface area (Å²) in [6.07, 6.45) is 2.08. The summed E-state index contributed by atoms with van der Waals surface area (Å²) >= 11 is 12.9. The van der Waals surface area contributed by atoms with E-state index in [4.69, 9.17) is 33.7 Å². The third-order valence-corrected chi connectivity index (χ3v) is 9.16. The Balaban J connectivity index is 1.82. The molecule has 0 aromatic heterocycles. The lowest BCUT2D eigenvalue weighted by atomic mass is 9.85. The Morgan fingerprint density at radius 1 is 1.00 bits per heavy atom. The minimum absolute atomic E-state index is 0.107. The molecular formula is C27H43Cl2N5O6. The highest BCUT2D eigenvalue weighted by molar-refractivity contribution is 6.51. The van der Waals surface area contributed by atoms with Gasteiger partial charge in [0.2, 0.25) is 17.6 Å². The Morgan fingerprint density at radius 2 is 1.60 bits per heavy atom. The number of ketones is 1. The first-order chi connectivity index (χ1) is 18.3. The van der Waals surface area contributed by atoms with Crippen LogP contribution in [-0.4, -0.2) is 83.2 Å². The second kappa shape index (κ2) is 11.6. The van der Waals surface area contributed by atoms with Gasteiger partial charge in [0.25, 0.3) is 5.91 Å². The van der Waals surface area contributed by atoms with Gasteiger partial charge in [0.15, 0.2) is 0 Å². The monoisotopic (exact) mass is 603 g/mol. The number of hydrogen-bond acceptors (Lipinski definition) is 6. The number of carbonyl (C=O) groups excluding carboxylic acids is 5. The Hall–Kier alpha value is -2.11. The second-order valence-corrected chi connectivity index (χ2v) is 14.9. The molecule has 0 aromatic carbocycles. The van der Waals surface area contributed by atoms with Gasteiger partial charge in [-0.3, -0.25) is 19.2 Å². The van der Waals surface area contributed by atoms with E-state index < -0.39 is 63.3 Å². The smallest absolute Gasteiger partial charge is 0.315 e. The quantitative estimate of drug-likeness (QED) is 0.208. The summed E-state index contributed by atoms with van der Waals surface area (Å²) in [7, 11) is 1.55. The van der Waals surface area contributed by atoms with Crippen molar-refractivity contribution in [3.63, 3.8) is 0 Å². The first-order valence-corrected chi connectivity index (χ1v) is 14.4. The largest absolute Gasteiger partial charge is 0.383 e. The summed E-state index contributed by atoms with van der Waals surface area (Å²) in [5.74, 6) is -3.83. The average molecular weight is 605 g/mol. The number of alkyl halides is 2. The van der Waals surface area contributed by atoms with Crippen LogP contribution in [0.25, 0.3) is 0 Å². The number of amides is 5. The number of likely N-dealkylation sites (tertiary alicyclic amines) is 1. The molecule has 0 bridgehead atoms. The zero-order valence-electron chi connectivity index (χ0n) is 24.3. The summed E-state index contributed by atoms with van der Waals surface area (Å²) in [6, 6.07) is -4.05. The molecule has 5 amide bonds. The Morgan fingerprint density at radius 3 is 2.08 bits per heavy atom. The van der Waals surface area contributed by atoms with Crippen LogP contribution in [0.15, 0.2) is 0 Å². The molecule has 0 aromatic rings. The highest BCUT2D eigenvalue weighted by Crippen LogP contribution is 2.65. The SMILES string of the molecule is COC[C@@H](NC(=O)N[C@H](C(=O)N1C[C@H]2[C@@H]([C@H]1C(=O)NC(CC1CC1)C(=O)C(N)=O)C2(Cl)Cl)C(C)(C)C)C(C)(C)C. The molecule has 1 aliphatic heterocycles. The molecule has 226 valence electrons. The zero-order valence-corrected chi connectivity index (χ0v) is 25.8. The maximum Gasteiger partial charge on any atom is 0.315 e. The van der Waals surface area contributed by atoms with Crippen molar-refractivity contribution in [3.05, 3.63) is 0 Å². The van der Waals surface area contributed by atoms with Crippen molar-refractivity contribution in [2.24, 2.45) is 34.3 Å². The molecule has 0 spiro atoms. The van der Waals surface area contributed by atoms with Gasteiger partial charge in [-0.15, -0.1) is 23.2 Å². The molecule has 13 heteroatoms.